The smallest absolute Gasteiger partial charge is 0.323 e. The van der Waals surface area contributed by atoms with E-state index in [1.165, 1.54) is 0 Å². The predicted molar refractivity (Wildman–Crippen MR) is 105 cm³/mol. The van der Waals surface area contributed by atoms with Gasteiger partial charge in [0, 0.05) is 11.9 Å². The lowest BCUT2D eigenvalue weighted by Gasteiger charge is -2.08. The molecule has 0 aliphatic carbocycles. The van der Waals surface area contributed by atoms with Crippen molar-refractivity contribution in [1.82, 2.24) is 5.32 Å². The highest BCUT2D eigenvalue weighted by Gasteiger charge is 2.01. The summed E-state index contributed by atoms with van der Waals surface area (Å²) in [6.45, 7) is 2.03. The molecular formula is C22H20N2O2. The van der Waals surface area contributed by atoms with Gasteiger partial charge in [-0.1, -0.05) is 42.5 Å². The van der Waals surface area contributed by atoms with Gasteiger partial charge in [0.25, 0.3) is 0 Å². The van der Waals surface area contributed by atoms with Gasteiger partial charge in [-0.15, -0.1) is 0 Å². The van der Waals surface area contributed by atoms with Crippen LogP contribution in [0.15, 0.2) is 85.1 Å². The fourth-order valence-electron chi connectivity index (χ4n) is 2.38. The van der Waals surface area contributed by atoms with Crippen molar-refractivity contribution in [2.75, 3.05) is 5.32 Å². The van der Waals surface area contributed by atoms with E-state index in [1.807, 2.05) is 79.7 Å². The van der Waals surface area contributed by atoms with E-state index in [9.17, 15) is 4.79 Å². The summed E-state index contributed by atoms with van der Waals surface area (Å²) < 4.78 is 5.72. The Kier molecular flexibility index (Phi) is 5.68. The Morgan fingerprint density at radius 3 is 2.23 bits per heavy atom. The molecule has 4 heteroatoms. The summed E-state index contributed by atoms with van der Waals surface area (Å²) in [4.78, 5) is 12.0. The number of urea groups is 1. The molecule has 0 unspecified atom stereocenters. The average Bonchev–Trinajstić information content (AvgIpc) is 2.66. The van der Waals surface area contributed by atoms with Crippen molar-refractivity contribution in [2.24, 2.45) is 0 Å². The maximum Gasteiger partial charge on any atom is 0.323 e. The lowest BCUT2D eigenvalue weighted by molar-refractivity contribution is 0.255. The molecule has 0 saturated carbocycles. The minimum Gasteiger partial charge on any atom is -0.457 e. The molecule has 0 saturated heterocycles. The highest BCUT2D eigenvalue weighted by molar-refractivity contribution is 5.90. The molecule has 0 bridgehead atoms. The van der Waals surface area contributed by atoms with Crippen LogP contribution in [0.2, 0.25) is 0 Å². The van der Waals surface area contributed by atoms with E-state index < -0.39 is 0 Å². The number of carbonyl (C=O) groups is 1. The van der Waals surface area contributed by atoms with Gasteiger partial charge in [-0.05, 0) is 60.5 Å². The maximum absolute atomic E-state index is 12.0. The average molecular weight is 344 g/mol. The Bertz CT molecular complexity index is 888. The number of hydrogen-bond donors (Lipinski definition) is 2. The second kappa shape index (κ2) is 8.53. The zero-order chi connectivity index (χ0) is 18.2. The minimum absolute atomic E-state index is 0.299. The molecule has 2 N–H and O–H groups in total. The van der Waals surface area contributed by atoms with Crippen LogP contribution in [-0.4, -0.2) is 6.03 Å². The number of benzene rings is 3. The molecule has 0 spiro atoms. The first-order valence-corrected chi connectivity index (χ1v) is 8.33. The largest absolute Gasteiger partial charge is 0.457 e. The molecule has 0 radical (unpaired) electrons. The van der Waals surface area contributed by atoms with E-state index in [1.54, 1.807) is 18.3 Å². The highest BCUT2D eigenvalue weighted by Crippen LogP contribution is 2.22. The van der Waals surface area contributed by atoms with Gasteiger partial charge in [0.05, 0.1) is 0 Å². The van der Waals surface area contributed by atoms with Gasteiger partial charge >= 0.3 is 6.03 Å². The van der Waals surface area contributed by atoms with E-state index in [-0.39, 0.29) is 6.03 Å². The second-order valence-electron chi connectivity index (χ2n) is 5.73. The van der Waals surface area contributed by atoms with Crippen molar-refractivity contribution >= 4 is 17.8 Å². The minimum atomic E-state index is -0.299. The predicted octanol–water partition coefficient (Wildman–Crippen LogP) is 5.58. The van der Waals surface area contributed by atoms with Crippen molar-refractivity contribution in [3.8, 4) is 11.5 Å². The molecule has 0 aliphatic rings. The van der Waals surface area contributed by atoms with Crippen LogP contribution >= 0.6 is 0 Å². The number of anilines is 1. The third-order valence-electron chi connectivity index (χ3n) is 3.76. The first kappa shape index (κ1) is 17.3. The van der Waals surface area contributed by atoms with Gasteiger partial charge in [0.15, 0.2) is 0 Å². The number of amides is 2. The Labute approximate surface area is 153 Å². The quantitative estimate of drug-likeness (QED) is 0.635. The van der Waals surface area contributed by atoms with Crippen LogP contribution in [0, 0.1) is 6.92 Å². The number of aryl methyl sites for hydroxylation is 1. The van der Waals surface area contributed by atoms with E-state index in [2.05, 4.69) is 10.6 Å². The van der Waals surface area contributed by atoms with Crippen LogP contribution in [0.25, 0.3) is 6.08 Å². The Morgan fingerprint density at radius 1 is 0.846 bits per heavy atom. The van der Waals surface area contributed by atoms with Crippen LogP contribution in [0.4, 0.5) is 10.5 Å². The van der Waals surface area contributed by atoms with Crippen LogP contribution in [0.1, 0.15) is 11.1 Å². The van der Waals surface area contributed by atoms with E-state index >= 15 is 0 Å². The Balaban J connectivity index is 1.52. The summed E-state index contributed by atoms with van der Waals surface area (Å²) >= 11 is 0. The third kappa shape index (κ3) is 4.98. The fourth-order valence-corrected chi connectivity index (χ4v) is 2.38. The lowest BCUT2D eigenvalue weighted by atomic mass is 10.1. The molecule has 4 nitrogen and oxygen atoms in total. The van der Waals surface area contributed by atoms with Gasteiger partial charge in [-0.25, -0.2) is 4.79 Å². The number of carbonyl (C=O) groups excluding carboxylic acids is 1. The van der Waals surface area contributed by atoms with Gasteiger partial charge in [-0.3, -0.25) is 0 Å². The van der Waals surface area contributed by atoms with Crippen molar-refractivity contribution in [1.29, 1.82) is 0 Å². The summed E-state index contributed by atoms with van der Waals surface area (Å²) in [6.07, 6.45) is 3.50. The van der Waals surface area contributed by atoms with Gasteiger partial charge in [-0.2, -0.15) is 0 Å². The van der Waals surface area contributed by atoms with Gasteiger partial charge in [0.2, 0.25) is 0 Å². The lowest BCUT2D eigenvalue weighted by Crippen LogP contribution is -2.23. The summed E-state index contributed by atoms with van der Waals surface area (Å²) in [5.41, 5.74) is 2.90. The summed E-state index contributed by atoms with van der Waals surface area (Å²) in [7, 11) is 0. The van der Waals surface area contributed by atoms with Crippen LogP contribution in [-0.2, 0) is 0 Å². The van der Waals surface area contributed by atoms with E-state index in [0.29, 0.717) is 11.4 Å². The Hall–Kier alpha value is -3.53. The molecule has 3 aromatic carbocycles. The second-order valence-corrected chi connectivity index (χ2v) is 5.73. The van der Waals surface area contributed by atoms with Crippen LogP contribution in [0.5, 0.6) is 11.5 Å². The SMILES string of the molecule is Cc1ccccc1/C=C/NC(=O)Nc1ccc(Oc2ccccc2)cc1. The van der Waals surface area contributed by atoms with Crippen LogP contribution < -0.4 is 15.4 Å². The number of nitrogens with one attached hydrogen (secondary N) is 2. The maximum atomic E-state index is 12.0. The standard InChI is InChI=1S/C22H20N2O2/c1-17-7-5-6-8-18(17)15-16-23-22(25)24-19-11-13-21(14-12-19)26-20-9-3-2-4-10-20/h2-16H,1H3,(H2,23,24,25)/b16-15+. The number of hydrogen-bond acceptors (Lipinski definition) is 2. The topological polar surface area (TPSA) is 50.4 Å². The first-order chi connectivity index (χ1) is 12.7. The molecule has 0 fully saturated rings. The molecule has 0 heterocycles. The zero-order valence-electron chi connectivity index (χ0n) is 14.5. The molecular weight excluding hydrogens is 324 g/mol. The third-order valence-corrected chi connectivity index (χ3v) is 3.76. The van der Waals surface area contributed by atoms with Crippen molar-refractivity contribution < 1.29 is 9.53 Å². The number of ether oxygens (including phenoxy) is 1. The van der Waals surface area contributed by atoms with E-state index in [4.69, 9.17) is 4.74 Å². The highest BCUT2D eigenvalue weighted by atomic mass is 16.5. The molecule has 0 aromatic heterocycles. The number of para-hydroxylation sites is 1. The summed E-state index contributed by atoms with van der Waals surface area (Å²) in [5, 5.41) is 5.48. The van der Waals surface area contributed by atoms with Crippen molar-refractivity contribution in [2.45, 2.75) is 6.92 Å². The summed E-state index contributed by atoms with van der Waals surface area (Å²) in [5.74, 6) is 1.48. The molecule has 3 aromatic rings. The fraction of sp³-hybridized carbons (Fsp3) is 0.0455. The molecule has 26 heavy (non-hydrogen) atoms. The Morgan fingerprint density at radius 2 is 1.50 bits per heavy atom. The molecule has 3 rings (SSSR count). The molecule has 0 atom stereocenters. The van der Waals surface area contributed by atoms with Gasteiger partial charge < -0.3 is 15.4 Å². The molecule has 130 valence electrons. The summed E-state index contributed by atoms with van der Waals surface area (Å²) in [6, 6.07) is 24.4. The van der Waals surface area contributed by atoms with Crippen LogP contribution in [0.3, 0.4) is 0 Å². The van der Waals surface area contributed by atoms with Gasteiger partial charge in [0.1, 0.15) is 11.5 Å². The normalized spacial score (nSPS) is 10.5. The zero-order valence-corrected chi connectivity index (χ0v) is 14.5. The first-order valence-electron chi connectivity index (χ1n) is 8.33. The molecule has 2 amide bonds. The van der Waals surface area contributed by atoms with E-state index in [0.717, 1.165) is 16.9 Å². The number of rotatable bonds is 5. The monoisotopic (exact) mass is 344 g/mol. The van der Waals surface area contributed by atoms with Crippen molar-refractivity contribution in [3.05, 3.63) is 96.2 Å². The van der Waals surface area contributed by atoms with Crippen molar-refractivity contribution in [3.63, 3.8) is 0 Å². The molecule has 0 aliphatic heterocycles.